The van der Waals surface area contributed by atoms with Gasteiger partial charge in [0.25, 0.3) is 0 Å². The van der Waals surface area contributed by atoms with E-state index in [0.29, 0.717) is 12.8 Å². The molecule has 1 unspecified atom stereocenters. The summed E-state index contributed by atoms with van der Waals surface area (Å²) in [6, 6.07) is 8.41. The number of amides is 1. The minimum absolute atomic E-state index is 0.00746. The van der Waals surface area contributed by atoms with Gasteiger partial charge in [-0.2, -0.15) is 0 Å². The summed E-state index contributed by atoms with van der Waals surface area (Å²) >= 11 is 0. The number of ketones is 1. The molecule has 0 spiro atoms. The Morgan fingerprint density at radius 2 is 1.82 bits per heavy atom. The average Bonchev–Trinajstić information content (AvgIpc) is 2.88. The van der Waals surface area contributed by atoms with E-state index in [-0.39, 0.29) is 38.2 Å². The molecule has 2 rings (SSSR count). The Hall–Kier alpha value is -3.50. The lowest BCUT2D eigenvalue weighted by atomic mass is 9.69. The van der Waals surface area contributed by atoms with Crippen LogP contribution in [0.15, 0.2) is 54.6 Å². The number of rotatable bonds is 13. The largest absolute Gasteiger partial charge is 0.479 e. The molecule has 0 radical (unpaired) electrons. The van der Waals surface area contributed by atoms with Gasteiger partial charge in [0.15, 0.2) is 5.78 Å². The van der Waals surface area contributed by atoms with E-state index in [9.17, 15) is 24.3 Å². The van der Waals surface area contributed by atoms with Gasteiger partial charge in [-0.15, -0.1) is 0 Å². The second-order valence-corrected chi connectivity index (χ2v) is 10.5. The van der Waals surface area contributed by atoms with Gasteiger partial charge in [0.2, 0.25) is 5.54 Å². The molecule has 0 aliphatic heterocycles. The summed E-state index contributed by atoms with van der Waals surface area (Å²) in [4.78, 5) is 50.0. The van der Waals surface area contributed by atoms with Crippen LogP contribution in [0, 0.1) is 5.41 Å². The van der Waals surface area contributed by atoms with Crippen molar-refractivity contribution in [3.05, 3.63) is 60.2 Å². The van der Waals surface area contributed by atoms with Crippen molar-refractivity contribution in [2.24, 2.45) is 16.9 Å². The fourth-order valence-electron chi connectivity index (χ4n) is 4.03. The van der Waals surface area contributed by atoms with Gasteiger partial charge < -0.3 is 31.4 Å². The number of ether oxygens (including phenoxy) is 2. The number of carbonyl (C=O) groups excluding carboxylic acids is 3. The van der Waals surface area contributed by atoms with Gasteiger partial charge in [-0.1, -0.05) is 54.6 Å². The van der Waals surface area contributed by atoms with Crippen LogP contribution in [0.5, 0.6) is 0 Å². The smallest absolute Gasteiger partial charge is 0.407 e. The number of aliphatic carboxylic acids is 1. The van der Waals surface area contributed by atoms with Crippen molar-refractivity contribution >= 4 is 23.8 Å². The molecule has 208 valence electrons. The quantitative estimate of drug-likeness (QED) is 0.170. The minimum atomic E-state index is -2.32. The van der Waals surface area contributed by atoms with Crippen molar-refractivity contribution in [2.75, 3.05) is 6.54 Å². The van der Waals surface area contributed by atoms with Gasteiger partial charge in [-0.25, -0.2) is 14.4 Å². The van der Waals surface area contributed by atoms with E-state index in [1.165, 1.54) is 0 Å². The highest BCUT2D eigenvalue weighted by atomic mass is 16.6. The first-order chi connectivity index (χ1) is 17.8. The maximum Gasteiger partial charge on any atom is 0.407 e. The molecule has 0 bridgehead atoms. The first-order valence-corrected chi connectivity index (χ1v) is 12.6. The van der Waals surface area contributed by atoms with Crippen LogP contribution in [0.4, 0.5) is 4.79 Å². The van der Waals surface area contributed by atoms with Crippen molar-refractivity contribution in [1.29, 1.82) is 0 Å². The molecule has 3 atom stereocenters. The van der Waals surface area contributed by atoms with Crippen LogP contribution in [0.1, 0.15) is 58.4 Å². The lowest BCUT2D eigenvalue weighted by Gasteiger charge is -2.35. The van der Waals surface area contributed by atoms with E-state index >= 15 is 0 Å². The van der Waals surface area contributed by atoms with Crippen molar-refractivity contribution in [1.82, 2.24) is 5.32 Å². The maximum atomic E-state index is 13.5. The predicted octanol–water partition coefficient (Wildman–Crippen LogP) is 3.00. The third-order valence-corrected chi connectivity index (χ3v) is 6.26. The van der Waals surface area contributed by atoms with Crippen LogP contribution in [0.3, 0.4) is 0 Å². The van der Waals surface area contributed by atoms with E-state index in [0.717, 1.165) is 5.56 Å². The van der Waals surface area contributed by atoms with Gasteiger partial charge in [-0.05, 0) is 58.4 Å². The van der Waals surface area contributed by atoms with Gasteiger partial charge in [0.1, 0.15) is 12.2 Å². The minimum Gasteiger partial charge on any atom is -0.479 e. The number of nitrogens with one attached hydrogen (secondary N) is 1. The molecular weight excluding hydrogens is 490 g/mol. The zero-order valence-corrected chi connectivity index (χ0v) is 22.3. The van der Waals surface area contributed by atoms with E-state index in [1.807, 2.05) is 30.3 Å². The first kappa shape index (κ1) is 30.7. The zero-order chi connectivity index (χ0) is 28.4. The van der Waals surface area contributed by atoms with Crippen LogP contribution in [-0.2, 0) is 30.5 Å². The Morgan fingerprint density at radius 3 is 2.39 bits per heavy atom. The number of hydrogen-bond acceptors (Lipinski definition) is 8. The van der Waals surface area contributed by atoms with Crippen LogP contribution in [0.25, 0.3) is 0 Å². The molecule has 0 saturated carbocycles. The average molecular weight is 530 g/mol. The number of benzene rings is 1. The number of nitrogens with two attached hydrogens (primary N) is 2. The molecule has 0 saturated heterocycles. The molecule has 38 heavy (non-hydrogen) atoms. The molecule has 0 heterocycles. The summed E-state index contributed by atoms with van der Waals surface area (Å²) in [5, 5.41) is 12.4. The van der Waals surface area contributed by atoms with Crippen molar-refractivity contribution < 1.29 is 33.8 Å². The highest BCUT2D eigenvalue weighted by molar-refractivity contribution is 6.04. The monoisotopic (exact) mass is 529 g/mol. The molecule has 10 nitrogen and oxygen atoms in total. The fraction of sp³-hybridized carbons (Fsp3) is 0.500. The molecule has 1 amide bonds. The number of Topliss-reactive ketones (excluding diaryl/α,β-unsaturated/α-hetero) is 1. The van der Waals surface area contributed by atoms with E-state index in [2.05, 4.69) is 5.32 Å². The van der Waals surface area contributed by atoms with Crippen molar-refractivity contribution in [2.45, 2.75) is 76.7 Å². The van der Waals surface area contributed by atoms with Crippen LogP contribution in [-0.4, -0.2) is 52.6 Å². The summed E-state index contributed by atoms with van der Waals surface area (Å²) < 4.78 is 10.4. The molecule has 1 aliphatic carbocycles. The maximum absolute atomic E-state index is 13.5. The standard InChI is InChI=1S/C28H39N3O7/c1-26(2,3)38-24(35)28(30,23(33)34)17-16-27(14-8-5-9-15-27)22(32)21(29)13-10-18-31-25(36)37-19-20-11-6-4-7-12-20/h4-9,11-12,14,21H,10,13,15-19,29-30H2,1-3H3,(H,31,36)(H,33,34)/t21-,27?,28+/m0/s1. The van der Waals surface area contributed by atoms with Crippen LogP contribution >= 0.6 is 0 Å². The number of carboxylic acid groups (broad SMARTS) is 1. The predicted molar refractivity (Wildman–Crippen MR) is 142 cm³/mol. The summed E-state index contributed by atoms with van der Waals surface area (Å²) in [6.07, 6.45) is 7.08. The van der Waals surface area contributed by atoms with Crippen molar-refractivity contribution in [3.63, 3.8) is 0 Å². The Kier molecular flexibility index (Phi) is 10.8. The van der Waals surface area contributed by atoms with E-state index in [1.54, 1.807) is 45.1 Å². The number of allylic oxidation sites excluding steroid dienone is 4. The third kappa shape index (κ3) is 8.81. The second-order valence-electron chi connectivity index (χ2n) is 10.5. The highest BCUT2D eigenvalue weighted by Gasteiger charge is 2.48. The summed E-state index contributed by atoms with van der Waals surface area (Å²) in [7, 11) is 0. The Labute approximate surface area is 223 Å². The zero-order valence-electron chi connectivity index (χ0n) is 22.3. The SMILES string of the molecule is CC(C)(C)OC(=O)[C@@](N)(CCC1(C(=O)[C@@H](N)CCCNC(=O)OCc2ccccc2)C=CC=CC1)C(=O)O. The van der Waals surface area contributed by atoms with Crippen LogP contribution in [0.2, 0.25) is 0 Å². The van der Waals surface area contributed by atoms with Crippen molar-refractivity contribution in [3.8, 4) is 0 Å². The molecule has 1 aromatic rings. The lowest BCUT2D eigenvalue weighted by Crippen LogP contribution is -2.58. The Bertz CT molecular complexity index is 1050. The summed E-state index contributed by atoms with van der Waals surface area (Å²) in [5.41, 5.74) is 8.77. The lowest BCUT2D eigenvalue weighted by molar-refractivity contribution is -0.170. The van der Waals surface area contributed by atoms with Crippen LogP contribution < -0.4 is 16.8 Å². The molecule has 1 aromatic carbocycles. The molecule has 0 aromatic heterocycles. The number of esters is 1. The topological polar surface area (TPSA) is 171 Å². The number of alkyl carbamates (subject to hydrolysis) is 1. The molecular formula is C28H39N3O7. The normalized spacial score (nSPS) is 19.2. The molecule has 0 fully saturated rings. The first-order valence-electron chi connectivity index (χ1n) is 12.6. The van der Waals surface area contributed by atoms with Gasteiger partial charge >= 0.3 is 18.0 Å². The molecule has 6 N–H and O–H groups in total. The van der Waals surface area contributed by atoms with Gasteiger partial charge in [-0.3, -0.25) is 4.79 Å². The third-order valence-electron chi connectivity index (χ3n) is 6.26. The number of carbonyl (C=O) groups is 4. The second kappa shape index (κ2) is 13.3. The fourth-order valence-corrected chi connectivity index (χ4v) is 4.03. The number of carboxylic acids is 1. The Morgan fingerprint density at radius 1 is 1.13 bits per heavy atom. The van der Waals surface area contributed by atoms with E-state index in [4.69, 9.17) is 20.9 Å². The Balaban J connectivity index is 1.94. The summed E-state index contributed by atoms with van der Waals surface area (Å²) in [5.74, 6) is -2.88. The van der Waals surface area contributed by atoms with Gasteiger partial charge in [0, 0.05) is 6.54 Å². The molecule has 1 aliphatic rings. The van der Waals surface area contributed by atoms with E-state index < -0.39 is 40.6 Å². The highest BCUT2D eigenvalue weighted by Crippen LogP contribution is 2.37. The molecule has 10 heteroatoms. The summed E-state index contributed by atoms with van der Waals surface area (Å²) in [6.45, 7) is 5.26. The number of hydrogen-bond donors (Lipinski definition) is 4. The van der Waals surface area contributed by atoms with Gasteiger partial charge in [0.05, 0.1) is 11.5 Å².